The maximum atomic E-state index is 13.0. The van der Waals surface area contributed by atoms with Crippen LogP contribution in [-0.2, 0) is 14.6 Å². The normalized spacial score (nSPS) is 12.9. The summed E-state index contributed by atoms with van der Waals surface area (Å²) in [6, 6.07) is 19.4. The largest absolute Gasteiger partial charge is 0.461 e. The van der Waals surface area contributed by atoms with E-state index in [1.54, 1.807) is 30.3 Å². The molecule has 3 rings (SSSR count). The number of para-hydroxylation sites is 1. The Bertz CT molecular complexity index is 1390. The predicted octanol–water partition coefficient (Wildman–Crippen LogP) is 5.50. The maximum Gasteiger partial charge on any atom is 0.430 e. The molecular formula is C25H20ClF3N2O4S. The summed E-state index contributed by atoms with van der Waals surface area (Å²) in [6.07, 6.45) is -4.10. The van der Waals surface area contributed by atoms with E-state index in [-0.39, 0.29) is 39.1 Å². The molecule has 3 aromatic carbocycles. The third-order valence-electron chi connectivity index (χ3n) is 4.82. The van der Waals surface area contributed by atoms with Crippen LogP contribution in [0.2, 0.25) is 5.02 Å². The Labute approximate surface area is 210 Å². The zero-order valence-electron chi connectivity index (χ0n) is 18.6. The van der Waals surface area contributed by atoms with Gasteiger partial charge in [0.25, 0.3) is 0 Å². The van der Waals surface area contributed by atoms with Crippen LogP contribution in [0, 0.1) is 0 Å². The van der Waals surface area contributed by atoms with Gasteiger partial charge in [-0.1, -0.05) is 54.1 Å². The van der Waals surface area contributed by atoms with Crippen molar-refractivity contribution in [1.82, 2.24) is 0 Å². The molecule has 36 heavy (non-hydrogen) atoms. The van der Waals surface area contributed by atoms with Crippen LogP contribution in [-0.4, -0.2) is 38.6 Å². The molecule has 0 atom stereocenters. The number of nitrogens with two attached hydrogens (primary N) is 1. The average Bonchev–Trinajstić information content (AvgIpc) is 2.84. The number of aliphatic imine (C=N–C) groups is 1. The Kier molecular flexibility index (Phi) is 8.54. The number of sulfone groups is 1. The van der Waals surface area contributed by atoms with E-state index < -0.39 is 33.4 Å². The van der Waals surface area contributed by atoms with Crippen LogP contribution in [0.4, 0.5) is 18.9 Å². The fourth-order valence-electron chi connectivity index (χ4n) is 2.93. The van der Waals surface area contributed by atoms with Crippen molar-refractivity contribution in [2.75, 3.05) is 12.4 Å². The quantitative estimate of drug-likeness (QED) is 0.303. The van der Waals surface area contributed by atoms with Crippen molar-refractivity contribution in [3.63, 3.8) is 0 Å². The molecule has 3 aromatic rings. The number of halogens is 4. The summed E-state index contributed by atoms with van der Waals surface area (Å²) in [7, 11) is -3.63. The molecule has 0 bridgehead atoms. The van der Waals surface area contributed by atoms with E-state index in [0.29, 0.717) is 6.08 Å². The number of ether oxygens (including phenoxy) is 1. The molecule has 0 spiro atoms. The molecule has 0 heterocycles. The van der Waals surface area contributed by atoms with Crippen molar-refractivity contribution < 1.29 is 31.1 Å². The lowest BCUT2D eigenvalue weighted by Crippen LogP contribution is -2.21. The maximum absolute atomic E-state index is 13.0. The fourth-order valence-corrected chi connectivity index (χ4v) is 4.22. The van der Waals surface area contributed by atoms with Gasteiger partial charge in [0.2, 0.25) is 0 Å². The number of esters is 1. The van der Waals surface area contributed by atoms with Gasteiger partial charge in [-0.2, -0.15) is 13.2 Å². The highest BCUT2D eigenvalue weighted by atomic mass is 35.5. The van der Waals surface area contributed by atoms with E-state index in [2.05, 4.69) is 4.99 Å². The van der Waals surface area contributed by atoms with Gasteiger partial charge < -0.3 is 10.5 Å². The number of hydrogen-bond acceptors (Lipinski definition) is 6. The van der Waals surface area contributed by atoms with E-state index in [1.807, 2.05) is 0 Å². The number of allylic oxidation sites excluding steroid dienone is 2. The highest BCUT2D eigenvalue weighted by molar-refractivity contribution is 7.91. The van der Waals surface area contributed by atoms with Gasteiger partial charge in [0, 0.05) is 5.56 Å². The van der Waals surface area contributed by atoms with Gasteiger partial charge in [-0.15, -0.1) is 0 Å². The topological polar surface area (TPSA) is 98.8 Å². The zero-order chi connectivity index (χ0) is 26.3. The van der Waals surface area contributed by atoms with Gasteiger partial charge in [0.1, 0.15) is 12.3 Å². The Balaban J connectivity index is 1.78. The molecule has 188 valence electrons. The van der Waals surface area contributed by atoms with Crippen LogP contribution in [0.3, 0.4) is 0 Å². The molecule has 6 nitrogen and oxygen atoms in total. The van der Waals surface area contributed by atoms with Gasteiger partial charge in [0.05, 0.1) is 32.6 Å². The zero-order valence-corrected chi connectivity index (χ0v) is 20.1. The summed E-state index contributed by atoms with van der Waals surface area (Å²) in [4.78, 5) is 16.7. The minimum atomic E-state index is -4.77. The lowest BCUT2D eigenvalue weighted by Gasteiger charge is -2.10. The summed E-state index contributed by atoms with van der Waals surface area (Å²) in [5.41, 5.74) is 4.22. The monoisotopic (exact) mass is 536 g/mol. The molecule has 0 radical (unpaired) electrons. The van der Waals surface area contributed by atoms with Crippen molar-refractivity contribution >= 4 is 38.8 Å². The number of benzene rings is 3. The highest BCUT2D eigenvalue weighted by Crippen LogP contribution is 2.27. The lowest BCUT2D eigenvalue weighted by molar-refractivity contribution is -0.0925. The average molecular weight is 537 g/mol. The van der Waals surface area contributed by atoms with E-state index in [9.17, 15) is 26.4 Å². The molecule has 0 amide bonds. The molecule has 0 aliphatic heterocycles. The van der Waals surface area contributed by atoms with Crippen LogP contribution >= 0.6 is 11.6 Å². The second-order valence-corrected chi connectivity index (χ2v) is 9.91. The summed E-state index contributed by atoms with van der Waals surface area (Å²) in [6.45, 7) is -0.373. The van der Waals surface area contributed by atoms with E-state index >= 15 is 0 Å². The van der Waals surface area contributed by atoms with E-state index in [1.165, 1.54) is 48.5 Å². The molecule has 0 aliphatic carbocycles. The minimum absolute atomic E-state index is 0.0701. The van der Waals surface area contributed by atoms with Gasteiger partial charge in [0.15, 0.2) is 9.84 Å². The molecule has 0 saturated carbocycles. The summed E-state index contributed by atoms with van der Waals surface area (Å²) in [5.74, 6) is -1.20. The Morgan fingerprint density at radius 3 is 2.14 bits per heavy atom. The lowest BCUT2D eigenvalue weighted by atomic mass is 10.1. The molecule has 2 N–H and O–H groups in total. The Morgan fingerprint density at radius 2 is 1.53 bits per heavy atom. The van der Waals surface area contributed by atoms with Crippen LogP contribution in [0.5, 0.6) is 0 Å². The summed E-state index contributed by atoms with van der Waals surface area (Å²) in [5, 5.41) is 0.222. The van der Waals surface area contributed by atoms with Crippen molar-refractivity contribution in [3.8, 4) is 0 Å². The summed E-state index contributed by atoms with van der Waals surface area (Å²) < 4.78 is 68.8. The molecule has 0 unspecified atom stereocenters. The predicted molar refractivity (Wildman–Crippen MR) is 131 cm³/mol. The number of carbonyl (C=O) groups excluding carboxylic acids is 1. The highest BCUT2D eigenvalue weighted by Gasteiger charge is 2.31. The molecule has 0 aliphatic rings. The first kappa shape index (κ1) is 27.0. The van der Waals surface area contributed by atoms with Gasteiger partial charge in [-0.3, -0.25) is 0 Å². The molecule has 11 heteroatoms. The number of carbonyl (C=O) groups is 1. The van der Waals surface area contributed by atoms with E-state index in [0.717, 1.165) is 0 Å². The van der Waals surface area contributed by atoms with Crippen molar-refractivity contribution in [3.05, 3.63) is 107 Å². The molecule has 0 aromatic heterocycles. The number of rotatable bonds is 8. The first-order valence-electron chi connectivity index (χ1n) is 10.4. The van der Waals surface area contributed by atoms with Gasteiger partial charge >= 0.3 is 12.1 Å². The number of nitrogens with zero attached hydrogens (tertiary/aromatic N) is 1. The van der Waals surface area contributed by atoms with Crippen molar-refractivity contribution in [2.24, 2.45) is 10.7 Å². The molecule has 0 fully saturated rings. The third kappa shape index (κ3) is 7.19. The third-order valence-corrected chi connectivity index (χ3v) is 6.83. The number of hydrogen-bond donors (Lipinski definition) is 1. The van der Waals surface area contributed by atoms with E-state index in [4.69, 9.17) is 22.1 Å². The minimum Gasteiger partial charge on any atom is -0.461 e. The van der Waals surface area contributed by atoms with Crippen LogP contribution in [0.15, 0.2) is 101 Å². The first-order valence-corrected chi connectivity index (χ1v) is 12.4. The van der Waals surface area contributed by atoms with Gasteiger partial charge in [-0.05, 0) is 42.5 Å². The Morgan fingerprint density at radius 1 is 0.944 bits per heavy atom. The first-order chi connectivity index (χ1) is 17.0. The van der Waals surface area contributed by atoms with Crippen molar-refractivity contribution in [1.29, 1.82) is 0 Å². The summed E-state index contributed by atoms with van der Waals surface area (Å²) >= 11 is 6.08. The Hall–Kier alpha value is -3.63. The fraction of sp³-hybridized carbons (Fsp3) is 0.120. The van der Waals surface area contributed by atoms with Crippen LogP contribution < -0.4 is 5.73 Å². The van der Waals surface area contributed by atoms with Gasteiger partial charge in [-0.25, -0.2) is 18.2 Å². The standard InChI is InChI=1S/C25H20ClF3N2O4S/c26-20-8-4-5-9-21(20)31-22(16-23(30)25(27,28)29)17-10-12-18(13-11-17)24(32)35-14-15-36(33,34)19-6-2-1-3-7-19/h1-13,16H,14-15,30H2/b23-16-,31-22?. The molecule has 0 saturated heterocycles. The van der Waals surface area contributed by atoms with Crippen LogP contribution in [0.25, 0.3) is 0 Å². The second-order valence-electron chi connectivity index (χ2n) is 7.39. The number of alkyl halides is 3. The van der Waals surface area contributed by atoms with Crippen molar-refractivity contribution in [2.45, 2.75) is 11.1 Å². The smallest absolute Gasteiger partial charge is 0.430 e. The second kappa shape index (κ2) is 11.4. The van der Waals surface area contributed by atoms with Crippen LogP contribution in [0.1, 0.15) is 15.9 Å². The molecular weight excluding hydrogens is 517 g/mol. The SMILES string of the molecule is N/C(=C\C(=Nc1ccccc1Cl)c1ccc(C(=O)OCCS(=O)(=O)c2ccccc2)cc1)C(F)(F)F.